The van der Waals surface area contributed by atoms with Gasteiger partial charge in [-0.3, -0.25) is 4.68 Å². The first-order valence-corrected chi connectivity index (χ1v) is 7.40. The smallest absolute Gasteiger partial charge is 0.240 e. The largest absolute Gasteiger partial charge is 0.591 e. The average molecular weight is 293 g/mol. The summed E-state index contributed by atoms with van der Waals surface area (Å²) in [6.45, 7) is 5.69. The van der Waals surface area contributed by atoms with E-state index >= 15 is 0 Å². The maximum Gasteiger partial charge on any atom is 0.240 e. The third-order valence-electron chi connectivity index (χ3n) is 2.86. The van der Waals surface area contributed by atoms with Crippen molar-refractivity contribution in [2.45, 2.75) is 25.5 Å². The molecule has 6 heteroatoms. The number of hydrogen-bond donors (Lipinski definition) is 0. The predicted molar refractivity (Wildman–Crippen MR) is 82.8 cm³/mol. The van der Waals surface area contributed by atoms with Crippen molar-refractivity contribution < 1.29 is 9.29 Å². The zero-order chi connectivity index (χ0) is 14.9. The van der Waals surface area contributed by atoms with Crippen molar-refractivity contribution in [3.63, 3.8) is 0 Å². The Bertz CT molecular complexity index is 644. The Balaban J connectivity index is 2.35. The quantitative estimate of drug-likeness (QED) is 0.645. The van der Waals surface area contributed by atoms with Crippen LogP contribution < -0.4 is 4.74 Å². The van der Waals surface area contributed by atoms with Crippen LogP contribution in [0.25, 0.3) is 10.9 Å². The van der Waals surface area contributed by atoms with E-state index < -0.39 is 11.4 Å². The minimum Gasteiger partial charge on any atom is -0.591 e. The molecule has 0 amide bonds. The number of ether oxygens (including phenoxy) is 1. The first-order chi connectivity index (χ1) is 9.32. The van der Waals surface area contributed by atoms with Gasteiger partial charge < -0.3 is 9.29 Å². The molecule has 1 aromatic carbocycles. The van der Waals surface area contributed by atoms with Gasteiger partial charge in [0.1, 0.15) is 16.1 Å². The molecule has 1 unspecified atom stereocenters. The second-order valence-corrected chi connectivity index (χ2v) is 7.44. The standard InChI is InChI=1S/C14H19N3O2S/c1-14(2,3)20(18)15-9-10-6-7-12-11(8-10)13(19-5)16-17(12)4/h6-9H,1-5H3. The van der Waals surface area contributed by atoms with Crippen LogP contribution in [-0.4, -0.2) is 32.4 Å². The lowest BCUT2D eigenvalue weighted by Crippen LogP contribution is -2.25. The highest BCUT2D eigenvalue weighted by Crippen LogP contribution is 2.25. The fourth-order valence-corrected chi connectivity index (χ4v) is 2.28. The van der Waals surface area contributed by atoms with Crippen molar-refractivity contribution in [3.8, 4) is 5.88 Å². The Morgan fingerprint density at radius 1 is 1.40 bits per heavy atom. The molecule has 0 saturated carbocycles. The number of methoxy groups -OCH3 is 1. The molecular formula is C14H19N3O2S. The lowest BCUT2D eigenvalue weighted by atomic mass is 10.2. The number of aromatic nitrogens is 2. The highest BCUT2D eigenvalue weighted by atomic mass is 32.2. The van der Waals surface area contributed by atoms with Crippen LogP contribution >= 0.6 is 0 Å². The van der Waals surface area contributed by atoms with Crippen molar-refractivity contribution in [2.75, 3.05) is 7.11 Å². The Morgan fingerprint density at radius 3 is 2.70 bits per heavy atom. The van der Waals surface area contributed by atoms with Crippen LogP contribution in [0.5, 0.6) is 5.88 Å². The number of fused-ring (bicyclic) bond motifs is 1. The summed E-state index contributed by atoms with van der Waals surface area (Å²) >= 11 is -1.26. The Kier molecular flexibility index (Phi) is 4.06. The molecule has 2 rings (SSSR count). The summed E-state index contributed by atoms with van der Waals surface area (Å²) in [5.41, 5.74) is 1.86. The summed E-state index contributed by atoms with van der Waals surface area (Å²) in [4.78, 5) is 0. The second kappa shape index (κ2) is 5.46. The predicted octanol–water partition coefficient (Wildman–Crippen LogP) is 2.46. The lowest BCUT2D eigenvalue weighted by molar-refractivity contribution is 0.396. The summed E-state index contributed by atoms with van der Waals surface area (Å²) in [6.07, 6.45) is 1.63. The third-order valence-corrected chi connectivity index (χ3v) is 4.20. The third kappa shape index (κ3) is 2.96. The topological polar surface area (TPSA) is 62.5 Å². The van der Waals surface area contributed by atoms with Gasteiger partial charge in [0.25, 0.3) is 0 Å². The molecule has 0 radical (unpaired) electrons. The van der Waals surface area contributed by atoms with Crippen molar-refractivity contribution in [1.29, 1.82) is 0 Å². The molecule has 0 aliphatic carbocycles. The molecule has 1 aromatic heterocycles. The molecule has 20 heavy (non-hydrogen) atoms. The fourth-order valence-electron chi connectivity index (χ4n) is 1.75. The van der Waals surface area contributed by atoms with Gasteiger partial charge >= 0.3 is 0 Å². The van der Waals surface area contributed by atoms with Crippen LogP contribution in [0.3, 0.4) is 0 Å². The molecule has 1 atom stereocenters. The van der Waals surface area contributed by atoms with Gasteiger partial charge in [-0.15, -0.1) is 5.10 Å². The number of nitrogens with zero attached hydrogens (tertiary/aromatic N) is 3. The molecule has 2 aromatic rings. The van der Waals surface area contributed by atoms with E-state index in [0.29, 0.717) is 5.88 Å². The minimum absolute atomic E-state index is 0.355. The molecule has 0 fully saturated rings. The average Bonchev–Trinajstić information content (AvgIpc) is 2.71. The van der Waals surface area contributed by atoms with Gasteiger partial charge in [0.05, 0.1) is 24.2 Å². The molecule has 0 aliphatic heterocycles. The van der Waals surface area contributed by atoms with E-state index in [2.05, 4.69) is 9.50 Å². The van der Waals surface area contributed by atoms with E-state index in [1.54, 1.807) is 18.0 Å². The number of hydrogen-bond acceptors (Lipinski definition) is 4. The summed E-state index contributed by atoms with van der Waals surface area (Å²) < 4.78 is 22.7. The van der Waals surface area contributed by atoms with Crippen molar-refractivity contribution >= 4 is 28.5 Å². The second-order valence-electron chi connectivity index (χ2n) is 5.51. The fraction of sp³-hybridized carbons (Fsp3) is 0.429. The highest BCUT2D eigenvalue weighted by Gasteiger charge is 2.25. The maximum absolute atomic E-state index is 11.9. The molecule has 1 heterocycles. The molecular weight excluding hydrogens is 274 g/mol. The van der Waals surface area contributed by atoms with Gasteiger partial charge in [0.2, 0.25) is 5.88 Å². The molecule has 0 aliphatic rings. The molecule has 0 bridgehead atoms. The molecule has 108 valence electrons. The van der Waals surface area contributed by atoms with Crippen LogP contribution in [0.4, 0.5) is 0 Å². The van der Waals surface area contributed by atoms with Crippen LogP contribution in [0.15, 0.2) is 22.6 Å². The van der Waals surface area contributed by atoms with E-state index in [4.69, 9.17) is 4.74 Å². The first-order valence-electron chi connectivity index (χ1n) is 6.30. The van der Waals surface area contributed by atoms with Gasteiger partial charge in [0.15, 0.2) is 0 Å². The molecule has 0 spiro atoms. The summed E-state index contributed by atoms with van der Waals surface area (Å²) in [7, 11) is 3.46. The minimum atomic E-state index is -1.26. The van der Waals surface area contributed by atoms with Crippen molar-refractivity contribution in [1.82, 2.24) is 9.78 Å². The van der Waals surface area contributed by atoms with Crippen molar-refractivity contribution in [3.05, 3.63) is 23.8 Å². The Labute approximate surface area is 122 Å². The zero-order valence-corrected chi connectivity index (χ0v) is 13.2. The molecule has 0 N–H and O–H groups in total. The van der Waals surface area contributed by atoms with Gasteiger partial charge in [-0.25, -0.2) is 0 Å². The van der Waals surface area contributed by atoms with E-state index in [-0.39, 0.29) is 4.75 Å². The van der Waals surface area contributed by atoms with E-state index in [1.807, 2.05) is 46.0 Å². The molecule has 0 saturated heterocycles. The molecule has 5 nitrogen and oxygen atoms in total. The Morgan fingerprint density at radius 2 is 2.10 bits per heavy atom. The normalized spacial score (nSPS) is 14.1. The van der Waals surface area contributed by atoms with Crippen molar-refractivity contribution in [2.24, 2.45) is 11.4 Å². The van der Waals surface area contributed by atoms with Gasteiger partial charge in [-0.1, -0.05) is 10.5 Å². The van der Waals surface area contributed by atoms with Gasteiger partial charge in [0, 0.05) is 7.05 Å². The Hall–Kier alpha value is -1.53. The van der Waals surface area contributed by atoms with E-state index in [1.165, 1.54) is 0 Å². The number of rotatable bonds is 3. The van der Waals surface area contributed by atoms with Gasteiger partial charge in [-0.2, -0.15) is 0 Å². The number of aryl methyl sites for hydroxylation is 1. The van der Waals surface area contributed by atoms with E-state index in [0.717, 1.165) is 16.5 Å². The van der Waals surface area contributed by atoms with Gasteiger partial charge in [-0.05, 0) is 38.5 Å². The zero-order valence-electron chi connectivity index (χ0n) is 12.4. The summed E-state index contributed by atoms with van der Waals surface area (Å²) in [5, 5.41) is 5.19. The number of benzene rings is 1. The maximum atomic E-state index is 11.9. The summed E-state index contributed by atoms with van der Waals surface area (Å²) in [5.74, 6) is 0.578. The van der Waals surface area contributed by atoms with Crippen LogP contribution in [0.2, 0.25) is 0 Å². The first kappa shape index (κ1) is 14.9. The van der Waals surface area contributed by atoms with Crippen LogP contribution in [0.1, 0.15) is 26.3 Å². The summed E-state index contributed by atoms with van der Waals surface area (Å²) in [6, 6.07) is 5.81. The van der Waals surface area contributed by atoms with Crippen LogP contribution in [0, 0.1) is 0 Å². The lowest BCUT2D eigenvalue weighted by Gasteiger charge is -2.17. The van der Waals surface area contributed by atoms with Crippen LogP contribution in [-0.2, 0) is 18.4 Å². The highest BCUT2D eigenvalue weighted by molar-refractivity contribution is 7.91. The monoisotopic (exact) mass is 293 g/mol. The van der Waals surface area contributed by atoms with E-state index in [9.17, 15) is 4.55 Å². The SMILES string of the molecule is COc1nn(C)c2ccc(C=N[S+]([O-])C(C)(C)C)cc12.